The van der Waals surface area contributed by atoms with Crippen molar-refractivity contribution in [3.8, 4) is 5.88 Å². The summed E-state index contributed by atoms with van der Waals surface area (Å²) in [7, 11) is 1.41. The Morgan fingerprint density at radius 2 is 2.00 bits per heavy atom. The van der Waals surface area contributed by atoms with E-state index in [1.165, 1.54) is 7.05 Å². The van der Waals surface area contributed by atoms with E-state index in [-0.39, 0.29) is 12.0 Å². The van der Waals surface area contributed by atoms with Crippen LogP contribution >= 0.6 is 0 Å². The van der Waals surface area contributed by atoms with E-state index in [0.29, 0.717) is 0 Å². The number of ether oxygens (including phenoxy) is 1. The zero-order chi connectivity index (χ0) is 10.9. The molecule has 1 rings (SSSR count). The Labute approximate surface area is 79.5 Å². The molecule has 0 aliphatic heterocycles. The highest BCUT2D eigenvalue weighted by Gasteiger charge is 2.35. The third kappa shape index (κ3) is 2.40. The predicted octanol–water partition coefficient (Wildman–Crippen LogP) is 2.23. The van der Waals surface area contributed by atoms with Gasteiger partial charge in [0.25, 0.3) is 0 Å². The zero-order valence-corrected chi connectivity index (χ0v) is 8.09. The van der Waals surface area contributed by atoms with Crippen molar-refractivity contribution in [1.29, 1.82) is 0 Å². The van der Waals surface area contributed by atoms with Crippen molar-refractivity contribution in [2.75, 3.05) is 0 Å². The molecule has 0 aromatic carbocycles. The molecule has 0 atom stereocenters. The number of aryl methyl sites for hydroxylation is 1. The van der Waals surface area contributed by atoms with Crippen molar-refractivity contribution < 1.29 is 17.9 Å². The Balaban J connectivity index is 2.94. The molecule has 6 heteroatoms. The summed E-state index contributed by atoms with van der Waals surface area (Å²) in [5.74, 6) is 0.118. The predicted molar refractivity (Wildman–Crippen MR) is 44.0 cm³/mol. The summed E-state index contributed by atoms with van der Waals surface area (Å²) in [6.45, 7) is 3.47. The summed E-state index contributed by atoms with van der Waals surface area (Å²) in [5.41, 5.74) is -0.935. The first-order valence-electron chi connectivity index (χ1n) is 4.08. The number of nitrogens with zero attached hydrogens (tertiary/aromatic N) is 2. The van der Waals surface area contributed by atoms with E-state index in [2.05, 4.69) is 5.10 Å². The Hall–Kier alpha value is -1.20. The fourth-order valence-electron chi connectivity index (χ4n) is 0.940. The van der Waals surface area contributed by atoms with Crippen LogP contribution in [0.1, 0.15) is 19.5 Å². The normalized spacial score (nSPS) is 12.2. The molecule has 3 nitrogen and oxygen atoms in total. The third-order valence-electron chi connectivity index (χ3n) is 1.48. The molecule has 80 valence electrons. The first kappa shape index (κ1) is 10.9. The number of halogens is 3. The Bertz CT molecular complexity index is 317. The number of hydrogen-bond donors (Lipinski definition) is 0. The molecule has 14 heavy (non-hydrogen) atoms. The minimum Gasteiger partial charge on any atom is -0.475 e. The van der Waals surface area contributed by atoms with Crippen LogP contribution in [0.2, 0.25) is 0 Å². The van der Waals surface area contributed by atoms with Crippen molar-refractivity contribution >= 4 is 0 Å². The molecule has 0 N–H and O–H groups in total. The van der Waals surface area contributed by atoms with Crippen LogP contribution in [0.3, 0.4) is 0 Å². The van der Waals surface area contributed by atoms with E-state index >= 15 is 0 Å². The van der Waals surface area contributed by atoms with E-state index in [4.69, 9.17) is 4.74 Å². The van der Waals surface area contributed by atoms with Crippen molar-refractivity contribution in [1.82, 2.24) is 9.78 Å². The highest BCUT2D eigenvalue weighted by atomic mass is 19.4. The molecule has 0 fully saturated rings. The fourth-order valence-corrected chi connectivity index (χ4v) is 0.940. The van der Waals surface area contributed by atoms with Gasteiger partial charge in [-0.3, -0.25) is 0 Å². The molecule has 0 aliphatic carbocycles. The van der Waals surface area contributed by atoms with E-state index in [1.54, 1.807) is 13.8 Å². The molecule has 0 saturated carbocycles. The number of alkyl halides is 3. The summed E-state index contributed by atoms with van der Waals surface area (Å²) >= 11 is 0. The smallest absolute Gasteiger partial charge is 0.435 e. The number of rotatable bonds is 2. The lowest BCUT2D eigenvalue weighted by atomic mass is 10.4. The van der Waals surface area contributed by atoms with Gasteiger partial charge in [0.15, 0.2) is 5.69 Å². The maximum atomic E-state index is 12.2. The molecular formula is C8H11F3N2O. The average molecular weight is 208 g/mol. The van der Waals surface area contributed by atoms with Gasteiger partial charge < -0.3 is 4.74 Å². The summed E-state index contributed by atoms with van der Waals surface area (Å²) in [6.07, 6.45) is -4.59. The summed E-state index contributed by atoms with van der Waals surface area (Å²) in [5, 5.41) is 3.30. The second-order valence-electron chi connectivity index (χ2n) is 3.16. The van der Waals surface area contributed by atoms with Gasteiger partial charge in [-0.15, -0.1) is 0 Å². The van der Waals surface area contributed by atoms with E-state index in [0.717, 1.165) is 10.7 Å². The van der Waals surface area contributed by atoms with Crippen LogP contribution in [-0.2, 0) is 13.2 Å². The van der Waals surface area contributed by atoms with Crippen LogP contribution in [0, 0.1) is 0 Å². The molecule has 1 aromatic rings. The third-order valence-corrected chi connectivity index (χ3v) is 1.48. The van der Waals surface area contributed by atoms with Crippen LogP contribution in [0.15, 0.2) is 6.07 Å². The fraction of sp³-hybridized carbons (Fsp3) is 0.625. The van der Waals surface area contributed by atoms with Crippen LogP contribution < -0.4 is 4.74 Å². The van der Waals surface area contributed by atoms with Gasteiger partial charge >= 0.3 is 6.18 Å². The summed E-state index contributed by atoms with van der Waals surface area (Å²) in [6, 6.07) is 0.889. The summed E-state index contributed by atoms with van der Waals surface area (Å²) < 4.78 is 42.8. The molecular weight excluding hydrogens is 197 g/mol. The standard InChI is InChI=1S/C8H11F3N2O/c1-5(2)14-7-4-6(8(9,10)11)12-13(7)3/h4-5H,1-3H3. The van der Waals surface area contributed by atoms with Crippen molar-refractivity contribution in [2.45, 2.75) is 26.1 Å². The van der Waals surface area contributed by atoms with Gasteiger partial charge in [0.2, 0.25) is 5.88 Å². The van der Waals surface area contributed by atoms with Crippen LogP contribution in [0.5, 0.6) is 5.88 Å². The number of hydrogen-bond acceptors (Lipinski definition) is 2. The van der Waals surface area contributed by atoms with E-state index < -0.39 is 11.9 Å². The molecule has 0 unspecified atom stereocenters. The Kier molecular flexibility index (Phi) is 2.73. The number of aromatic nitrogens is 2. The summed E-state index contributed by atoms with van der Waals surface area (Å²) in [4.78, 5) is 0. The van der Waals surface area contributed by atoms with Crippen LogP contribution in [0.25, 0.3) is 0 Å². The lowest BCUT2D eigenvalue weighted by Crippen LogP contribution is -2.08. The average Bonchev–Trinajstić information content (AvgIpc) is 2.30. The molecule has 1 heterocycles. The molecule has 0 spiro atoms. The lowest BCUT2D eigenvalue weighted by molar-refractivity contribution is -0.141. The Morgan fingerprint density at radius 1 is 1.43 bits per heavy atom. The zero-order valence-electron chi connectivity index (χ0n) is 8.09. The van der Waals surface area contributed by atoms with Gasteiger partial charge in [0.05, 0.1) is 6.10 Å². The maximum absolute atomic E-state index is 12.2. The van der Waals surface area contributed by atoms with Crippen molar-refractivity contribution in [3.63, 3.8) is 0 Å². The highest BCUT2D eigenvalue weighted by molar-refractivity contribution is 5.18. The topological polar surface area (TPSA) is 27.1 Å². The first-order valence-corrected chi connectivity index (χ1v) is 4.08. The van der Waals surface area contributed by atoms with Crippen LogP contribution in [-0.4, -0.2) is 15.9 Å². The second kappa shape index (κ2) is 3.51. The van der Waals surface area contributed by atoms with Crippen molar-refractivity contribution in [3.05, 3.63) is 11.8 Å². The van der Waals surface area contributed by atoms with Crippen LogP contribution in [0.4, 0.5) is 13.2 Å². The molecule has 0 saturated heterocycles. The van der Waals surface area contributed by atoms with E-state index in [9.17, 15) is 13.2 Å². The van der Waals surface area contributed by atoms with Gasteiger partial charge in [-0.1, -0.05) is 0 Å². The minimum atomic E-state index is -4.42. The van der Waals surface area contributed by atoms with Gasteiger partial charge in [-0.2, -0.15) is 18.3 Å². The first-order chi connectivity index (χ1) is 6.30. The Morgan fingerprint density at radius 3 is 2.36 bits per heavy atom. The van der Waals surface area contributed by atoms with Crippen molar-refractivity contribution in [2.24, 2.45) is 7.05 Å². The van der Waals surface area contributed by atoms with E-state index in [1.807, 2.05) is 0 Å². The molecule has 0 amide bonds. The van der Waals surface area contributed by atoms with Gasteiger partial charge in [-0.05, 0) is 13.8 Å². The lowest BCUT2D eigenvalue weighted by Gasteiger charge is -2.07. The SMILES string of the molecule is CC(C)Oc1cc(C(F)(F)F)nn1C. The highest BCUT2D eigenvalue weighted by Crippen LogP contribution is 2.30. The van der Waals surface area contributed by atoms with Gasteiger partial charge in [-0.25, -0.2) is 4.68 Å². The quantitative estimate of drug-likeness (QED) is 0.745. The van der Waals surface area contributed by atoms with Gasteiger partial charge in [0, 0.05) is 13.1 Å². The van der Waals surface area contributed by atoms with Gasteiger partial charge in [0.1, 0.15) is 0 Å². The molecule has 0 bridgehead atoms. The largest absolute Gasteiger partial charge is 0.475 e. The maximum Gasteiger partial charge on any atom is 0.435 e. The monoisotopic (exact) mass is 208 g/mol. The molecule has 0 aliphatic rings. The minimum absolute atomic E-state index is 0.118. The molecule has 1 aromatic heterocycles. The molecule has 0 radical (unpaired) electrons. The second-order valence-corrected chi connectivity index (χ2v) is 3.16.